The minimum Gasteiger partial charge on any atom is -0.495 e. The van der Waals surface area contributed by atoms with Crippen molar-refractivity contribution in [2.75, 3.05) is 17.1 Å². The first-order valence-electron chi connectivity index (χ1n) is 8.53. The van der Waals surface area contributed by atoms with Crippen molar-refractivity contribution < 1.29 is 17.9 Å². The van der Waals surface area contributed by atoms with Gasteiger partial charge in [0.25, 0.3) is 15.9 Å². The summed E-state index contributed by atoms with van der Waals surface area (Å²) >= 11 is 0. The van der Waals surface area contributed by atoms with E-state index in [1.807, 2.05) is 19.1 Å². The smallest absolute Gasteiger partial charge is 0.261 e. The average molecular weight is 396 g/mol. The zero-order valence-corrected chi connectivity index (χ0v) is 16.3. The predicted octanol–water partition coefficient (Wildman–Crippen LogP) is 4.06. The molecule has 0 radical (unpaired) electrons. The Labute approximate surface area is 164 Å². The number of amides is 1. The Hall–Kier alpha value is -3.32. The second-order valence-electron chi connectivity index (χ2n) is 6.10. The first-order valence-corrected chi connectivity index (χ1v) is 10.0. The fraction of sp³-hybridized carbons (Fsp3) is 0.0952. The van der Waals surface area contributed by atoms with Gasteiger partial charge in [-0.1, -0.05) is 36.4 Å². The molecule has 2 N–H and O–H groups in total. The highest BCUT2D eigenvalue weighted by atomic mass is 32.2. The molecule has 0 aromatic heterocycles. The molecule has 3 aromatic carbocycles. The van der Waals surface area contributed by atoms with Crippen molar-refractivity contribution in [1.29, 1.82) is 0 Å². The number of benzene rings is 3. The maximum atomic E-state index is 12.7. The van der Waals surface area contributed by atoms with Gasteiger partial charge in [-0.05, 0) is 48.9 Å². The van der Waals surface area contributed by atoms with Gasteiger partial charge in [0, 0.05) is 5.56 Å². The third kappa shape index (κ3) is 4.32. The minimum absolute atomic E-state index is 0.00318. The van der Waals surface area contributed by atoms with Crippen LogP contribution in [0.4, 0.5) is 11.4 Å². The molecule has 0 spiro atoms. The number of para-hydroxylation sites is 3. The molecule has 1 amide bonds. The molecule has 0 atom stereocenters. The van der Waals surface area contributed by atoms with Crippen molar-refractivity contribution in [3.8, 4) is 5.75 Å². The van der Waals surface area contributed by atoms with E-state index in [4.69, 9.17) is 4.74 Å². The highest BCUT2D eigenvalue weighted by Gasteiger charge is 2.18. The zero-order chi connectivity index (χ0) is 20.1. The third-order valence-electron chi connectivity index (χ3n) is 4.15. The Morgan fingerprint density at radius 3 is 2.29 bits per heavy atom. The number of anilines is 2. The lowest BCUT2D eigenvalue weighted by atomic mass is 10.2. The van der Waals surface area contributed by atoms with Gasteiger partial charge < -0.3 is 10.1 Å². The molecule has 6 nitrogen and oxygen atoms in total. The monoisotopic (exact) mass is 396 g/mol. The second kappa shape index (κ2) is 8.14. The lowest BCUT2D eigenvalue weighted by molar-refractivity contribution is 0.102. The molecule has 0 bridgehead atoms. The van der Waals surface area contributed by atoms with Gasteiger partial charge in [-0.25, -0.2) is 8.42 Å². The Balaban J connectivity index is 1.85. The van der Waals surface area contributed by atoms with Gasteiger partial charge in [0.05, 0.1) is 23.4 Å². The van der Waals surface area contributed by atoms with Gasteiger partial charge in [0.15, 0.2) is 0 Å². The van der Waals surface area contributed by atoms with Crippen LogP contribution in [0.1, 0.15) is 15.9 Å². The van der Waals surface area contributed by atoms with Gasteiger partial charge in [0.2, 0.25) is 0 Å². The summed E-state index contributed by atoms with van der Waals surface area (Å²) in [6.45, 7) is 1.81. The summed E-state index contributed by atoms with van der Waals surface area (Å²) in [6, 6.07) is 19.9. The summed E-state index contributed by atoms with van der Waals surface area (Å²) in [5.41, 5.74) is 2.02. The lowest BCUT2D eigenvalue weighted by Gasteiger charge is -2.12. The Morgan fingerprint density at radius 2 is 1.57 bits per heavy atom. The van der Waals surface area contributed by atoms with E-state index in [1.165, 1.54) is 25.3 Å². The van der Waals surface area contributed by atoms with Gasteiger partial charge >= 0.3 is 0 Å². The van der Waals surface area contributed by atoms with E-state index in [0.717, 1.165) is 5.56 Å². The number of nitrogens with one attached hydrogen (secondary N) is 2. The maximum absolute atomic E-state index is 12.7. The van der Waals surface area contributed by atoms with E-state index < -0.39 is 15.9 Å². The lowest BCUT2D eigenvalue weighted by Crippen LogP contribution is -2.16. The molecular formula is C21H20N2O4S. The number of carbonyl (C=O) groups is 1. The summed E-state index contributed by atoms with van der Waals surface area (Å²) in [5.74, 6) is 0.0817. The van der Waals surface area contributed by atoms with Crippen molar-refractivity contribution in [2.24, 2.45) is 0 Å². The van der Waals surface area contributed by atoms with Crippen LogP contribution in [0, 0.1) is 6.92 Å². The van der Waals surface area contributed by atoms with Crippen molar-refractivity contribution in [3.05, 3.63) is 83.9 Å². The van der Waals surface area contributed by atoms with E-state index in [-0.39, 0.29) is 10.5 Å². The molecule has 144 valence electrons. The number of hydrogen-bond donors (Lipinski definition) is 2. The topological polar surface area (TPSA) is 84.5 Å². The zero-order valence-electron chi connectivity index (χ0n) is 15.5. The van der Waals surface area contributed by atoms with Gasteiger partial charge in [-0.3, -0.25) is 9.52 Å². The molecule has 3 rings (SSSR count). The van der Waals surface area contributed by atoms with E-state index >= 15 is 0 Å². The average Bonchev–Trinajstić information content (AvgIpc) is 2.70. The van der Waals surface area contributed by atoms with Gasteiger partial charge in [-0.2, -0.15) is 0 Å². The summed E-state index contributed by atoms with van der Waals surface area (Å²) in [6.07, 6.45) is 0. The number of ether oxygens (including phenoxy) is 1. The van der Waals surface area contributed by atoms with Crippen molar-refractivity contribution in [2.45, 2.75) is 11.8 Å². The van der Waals surface area contributed by atoms with Gasteiger partial charge in [0.1, 0.15) is 5.75 Å². The molecule has 0 heterocycles. The van der Waals surface area contributed by atoms with E-state index in [9.17, 15) is 13.2 Å². The van der Waals surface area contributed by atoms with Crippen molar-refractivity contribution in [3.63, 3.8) is 0 Å². The van der Waals surface area contributed by atoms with E-state index in [2.05, 4.69) is 10.0 Å². The predicted molar refractivity (Wildman–Crippen MR) is 109 cm³/mol. The van der Waals surface area contributed by atoms with E-state index in [0.29, 0.717) is 17.1 Å². The maximum Gasteiger partial charge on any atom is 0.261 e. The SMILES string of the molecule is COc1ccccc1NC(=O)c1cccc(S(=O)(=O)Nc2ccccc2C)c1. The Morgan fingerprint density at radius 1 is 0.893 bits per heavy atom. The van der Waals surface area contributed by atoms with Crippen LogP contribution in [0.5, 0.6) is 5.75 Å². The number of hydrogen-bond acceptors (Lipinski definition) is 4. The Kier molecular flexibility index (Phi) is 5.65. The van der Waals surface area contributed by atoms with Crippen LogP contribution >= 0.6 is 0 Å². The summed E-state index contributed by atoms with van der Waals surface area (Å²) < 4.78 is 33.2. The molecule has 28 heavy (non-hydrogen) atoms. The van der Waals surface area contributed by atoms with Crippen molar-refractivity contribution >= 4 is 27.3 Å². The normalized spacial score (nSPS) is 10.9. The molecule has 0 unspecified atom stereocenters. The largest absolute Gasteiger partial charge is 0.495 e. The number of aryl methyl sites for hydroxylation is 1. The standard InChI is InChI=1S/C21H20N2O4S/c1-15-8-3-4-11-18(15)23-28(25,26)17-10-7-9-16(14-17)21(24)22-19-12-5-6-13-20(19)27-2/h3-14,23H,1-2H3,(H,22,24). The van der Waals surface area contributed by atoms with Crippen LogP contribution in [0.3, 0.4) is 0 Å². The number of methoxy groups -OCH3 is 1. The summed E-state index contributed by atoms with van der Waals surface area (Å²) in [5, 5.41) is 2.74. The molecule has 0 aliphatic rings. The van der Waals surface area contributed by atoms with E-state index in [1.54, 1.807) is 42.5 Å². The number of carbonyl (C=O) groups excluding carboxylic acids is 1. The second-order valence-corrected chi connectivity index (χ2v) is 7.79. The molecule has 0 aliphatic heterocycles. The summed E-state index contributed by atoms with van der Waals surface area (Å²) in [7, 11) is -2.32. The highest BCUT2D eigenvalue weighted by molar-refractivity contribution is 7.92. The summed E-state index contributed by atoms with van der Waals surface area (Å²) in [4.78, 5) is 12.6. The molecule has 0 aliphatic carbocycles. The quantitative estimate of drug-likeness (QED) is 0.658. The molecule has 7 heteroatoms. The van der Waals surface area contributed by atoms with Crippen molar-refractivity contribution in [1.82, 2.24) is 0 Å². The fourth-order valence-electron chi connectivity index (χ4n) is 2.64. The first-order chi connectivity index (χ1) is 13.4. The first kappa shape index (κ1) is 19.4. The van der Waals surface area contributed by atoms with Crippen LogP contribution < -0.4 is 14.8 Å². The molecule has 3 aromatic rings. The number of rotatable bonds is 6. The fourth-order valence-corrected chi connectivity index (χ4v) is 3.81. The highest BCUT2D eigenvalue weighted by Crippen LogP contribution is 2.24. The third-order valence-corrected chi connectivity index (χ3v) is 5.51. The van der Waals surface area contributed by atoms with Crippen LogP contribution in [-0.4, -0.2) is 21.4 Å². The Bertz CT molecular complexity index is 1110. The molecule has 0 saturated carbocycles. The van der Waals surface area contributed by atoms with Crippen LogP contribution in [0.15, 0.2) is 77.7 Å². The van der Waals surface area contributed by atoms with Crippen LogP contribution in [-0.2, 0) is 10.0 Å². The van der Waals surface area contributed by atoms with Gasteiger partial charge in [-0.15, -0.1) is 0 Å². The van der Waals surface area contributed by atoms with Crippen LogP contribution in [0.2, 0.25) is 0 Å². The molecule has 0 saturated heterocycles. The molecular weight excluding hydrogens is 376 g/mol. The molecule has 0 fully saturated rings. The minimum atomic E-state index is -3.83. The number of sulfonamides is 1. The van der Waals surface area contributed by atoms with Crippen LogP contribution in [0.25, 0.3) is 0 Å².